The minimum Gasteiger partial charge on any atom is -0.491 e. The maximum Gasteiger partial charge on any atom is 0.122 e. The Kier molecular flexibility index (Phi) is 9.53. The molecule has 3 heteroatoms. The molecule has 2 aromatic carbocycles. The highest BCUT2D eigenvalue weighted by Gasteiger charge is 2.08. The Labute approximate surface area is 177 Å². The third-order valence-corrected chi connectivity index (χ3v) is 5.53. The molecule has 2 aromatic rings. The van der Waals surface area contributed by atoms with Gasteiger partial charge in [-0.25, -0.2) is 0 Å². The zero-order chi connectivity index (χ0) is 21.2. The van der Waals surface area contributed by atoms with E-state index in [9.17, 15) is 0 Å². The van der Waals surface area contributed by atoms with Crippen molar-refractivity contribution in [3.05, 3.63) is 57.6 Å². The number of benzene rings is 2. The highest BCUT2D eigenvalue weighted by atomic mass is 16.5. The lowest BCUT2D eigenvalue weighted by Crippen LogP contribution is -2.13. The van der Waals surface area contributed by atoms with Crippen molar-refractivity contribution in [2.24, 2.45) is 0 Å². The van der Waals surface area contributed by atoms with Gasteiger partial charge in [0.2, 0.25) is 0 Å². The first-order chi connectivity index (χ1) is 14.0. The molecule has 0 aliphatic rings. The maximum atomic E-state index is 6.00. The molecule has 0 aliphatic carbocycles. The highest BCUT2D eigenvalue weighted by Crippen LogP contribution is 2.25. The Morgan fingerprint density at radius 3 is 1.24 bits per heavy atom. The fraction of sp³-hybridized carbons (Fsp3) is 0.538. The molecule has 2 rings (SSSR count). The molecule has 0 bridgehead atoms. The summed E-state index contributed by atoms with van der Waals surface area (Å²) in [7, 11) is 0. The second kappa shape index (κ2) is 11.9. The molecule has 29 heavy (non-hydrogen) atoms. The van der Waals surface area contributed by atoms with Crippen LogP contribution in [0.2, 0.25) is 0 Å². The van der Waals surface area contributed by atoms with Crippen LogP contribution in [0.1, 0.15) is 61.1 Å². The minimum absolute atomic E-state index is 0.559. The molecule has 0 fully saturated rings. The zero-order valence-corrected chi connectivity index (χ0v) is 19.2. The van der Waals surface area contributed by atoms with E-state index in [4.69, 9.17) is 14.2 Å². The lowest BCUT2D eigenvalue weighted by Gasteiger charge is -2.15. The number of rotatable bonds is 12. The summed E-state index contributed by atoms with van der Waals surface area (Å²) in [5.41, 5.74) is 7.92. The van der Waals surface area contributed by atoms with Gasteiger partial charge in [-0.15, -0.1) is 0 Å². The van der Waals surface area contributed by atoms with Crippen LogP contribution >= 0.6 is 0 Å². The van der Waals surface area contributed by atoms with E-state index < -0.39 is 0 Å². The number of hydrogen-bond acceptors (Lipinski definition) is 3. The Morgan fingerprint density at radius 2 is 0.897 bits per heavy atom. The van der Waals surface area contributed by atoms with Crippen LogP contribution in [0.5, 0.6) is 11.5 Å². The van der Waals surface area contributed by atoms with Gasteiger partial charge in [-0.3, -0.25) is 0 Å². The maximum absolute atomic E-state index is 6.00. The van der Waals surface area contributed by atoms with E-state index in [0.29, 0.717) is 26.4 Å². The molecule has 0 unspecified atom stereocenters. The van der Waals surface area contributed by atoms with Gasteiger partial charge >= 0.3 is 0 Å². The summed E-state index contributed by atoms with van der Waals surface area (Å²) in [5.74, 6) is 1.99. The van der Waals surface area contributed by atoms with Gasteiger partial charge in [0.15, 0.2) is 0 Å². The predicted molar refractivity (Wildman–Crippen MR) is 122 cm³/mol. The van der Waals surface area contributed by atoms with Crippen LogP contribution < -0.4 is 9.47 Å². The van der Waals surface area contributed by atoms with Crippen LogP contribution in [0.3, 0.4) is 0 Å². The molecule has 0 atom stereocenters. The molecule has 0 heterocycles. The molecule has 0 radical (unpaired) electrons. The van der Waals surface area contributed by atoms with Gasteiger partial charge in [0.1, 0.15) is 24.7 Å². The molecule has 0 spiro atoms. The zero-order valence-electron chi connectivity index (χ0n) is 19.2. The fourth-order valence-corrected chi connectivity index (χ4v) is 3.69. The monoisotopic (exact) mass is 398 g/mol. The molecule has 3 nitrogen and oxygen atoms in total. The Bertz CT molecular complexity index is 715. The molecular formula is C26H38O3. The molecule has 0 aromatic heterocycles. The van der Waals surface area contributed by atoms with Gasteiger partial charge in [0, 0.05) is 0 Å². The molecule has 0 saturated heterocycles. The van der Waals surface area contributed by atoms with Gasteiger partial charge in [-0.05, 0) is 85.0 Å². The van der Waals surface area contributed by atoms with Crippen LogP contribution in [0.15, 0.2) is 24.3 Å². The van der Waals surface area contributed by atoms with Gasteiger partial charge in [0.25, 0.3) is 0 Å². The molecule has 160 valence electrons. The smallest absolute Gasteiger partial charge is 0.122 e. The first-order valence-electron chi connectivity index (χ1n) is 11.1. The Hall–Kier alpha value is -2.00. The summed E-state index contributed by atoms with van der Waals surface area (Å²) < 4.78 is 17.7. The highest BCUT2D eigenvalue weighted by molar-refractivity contribution is 5.43. The first kappa shape index (κ1) is 23.3. The summed E-state index contributed by atoms with van der Waals surface area (Å²) in [6.07, 6.45) is 4.01. The number of aryl methyl sites for hydroxylation is 6. The number of hydrogen-bond donors (Lipinski definition) is 0. The predicted octanol–water partition coefficient (Wildman–Crippen LogP) is 6.03. The second-order valence-electron chi connectivity index (χ2n) is 7.50. The van der Waals surface area contributed by atoms with E-state index in [1.54, 1.807) is 0 Å². The molecule has 0 saturated carbocycles. The normalized spacial score (nSPS) is 11.0. The second-order valence-corrected chi connectivity index (χ2v) is 7.50. The van der Waals surface area contributed by atoms with E-state index in [0.717, 1.165) is 37.2 Å². The van der Waals surface area contributed by atoms with Crippen molar-refractivity contribution in [2.45, 2.75) is 67.2 Å². The van der Waals surface area contributed by atoms with Crippen LogP contribution in [-0.2, 0) is 30.4 Å². The van der Waals surface area contributed by atoms with Crippen molar-refractivity contribution in [1.29, 1.82) is 0 Å². The molecule has 0 aliphatic heterocycles. The SMILES string of the molecule is CCc1cc(OCCOCCOc2cc(CC)c(C)cc2CC)c(CC)cc1C. The summed E-state index contributed by atoms with van der Waals surface area (Å²) in [4.78, 5) is 0. The summed E-state index contributed by atoms with van der Waals surface area (Å²) >= 11 is 0. The molecule has 0 amide bonds. The van der Waals surface area contributed by atoms with Crippen molar-refractivity contribution >= 4 is 0 Å². The number of ether oxygens (including phenoxy) is 3. The first-order valence-corrected chi connectivity index (χ1v) is 11.1. The van der Waals surface area contributed by atoms with E-state index in [2.05, 4.69) is 65.8 Å². The summed E-state index contributed by atoms with van der Waals surface area (Å²) in [6, 6.07) is 8.87. The van der Waals surface area contributed by atoms with Crippen molar-refractivity contribution < 1.29 is 14.2 Å². The third-order valence-electron chi connectivity index (χ3n) is 5.53. The molecule has 0 N–H and O–H groups in total. The quantitative estimate of drug-likeness (QED) is 0.409. The Morgan fingerprint density at radius 1 is 0.517 bits per heavy atom. The Balaban J connectivity index is 1.77. The van der Waals surface area contributed by atoms with Gasteiger partial charge in [-0.2, -0.15) is 0 Å². The van der Waals surface area contributed by atoms with E-state index >= 15 is 0 Å². The lowest BCUT2D eigenvalue weighted by atomic mass is 10.0. The van der Waals surface area contributed by atoms with E-state index in [-0.39, 0.29) is 0 Å². The van der Waals surface area contributed by atoms with E-state index in [1.165, 1.54) is 33.4 Å². The largest absolute Gasteiger partial charge is 0.491 e. The van der Waals surface area contributed by atoms with Gasteiger partial charge in [0.05, 0.1) is 13.2 Å². The standard InChI is InChI=1S/C26H38O3/c1-7-21-17-25(23(9-3)15-19(21)5)28-13-11-27-12-14-29-26-18-22(8-2)20(6)16-24(26)10-4/h15-18H,7-14H2,1-6H3. The van der Waals surface area contributed by atoms with Crippen molar-refractivity contribution in [1.82, 2.24) is 0 Å². The average molecular weight is 399 g/mol. The summed E-state index contributed by atoms with van der Waals surface area (Å²) in [6.45, 7) is 15.3. The minimum atomic E-state index is 0.559. The van der Waals surface area contributed by atoms with Crippen LogP contribution in [0.25, 0.3) is 0 Å². The third kappa shape index (κ3) is 6.50. The lowest BCUT2D eigenvalue weighted by molar-refractivity contribution is 0.0759. The van der Waals surface area contributed by atoms with Gasteiger partial charge in [-0.1, -0.05) is 39.8 Å². The topological polar surface area (TPSA) is 27.7 Å². The van der Waals surface area contributed by atoms with Crippen LogP contribution in [0.4, 0.5) is 0 Å². The van der Waals surface area contributed by atoms with E-state index in [1.807, 2.05) is 0 Å². The van der Waals surface area contributed by atoms with Crippen molar-refractivity contribution in [2.75, 3.05) is 26.4 Å². The van der Waals surface area contributed by atoms with Crippen LogP contribution in [0, 0.1) is 13.8 Å². The van der Waals surface area contributed by atoms with Crippen molar-refractivity contribution in [3.8, 4) is 11.5 Å². The molecular weight excluding hydrogens is 360 g/mol. The average Bonchev–Trinajstić information content (AvgIpc) is 2.73. The van der Waals surface area contributed by atoms with Crippen LogP contribution in [-0.4, -0.2) is 26.4 Å². The van der Waals surface area contributed by atoms with Crippen molar-refractivity contribution in [3.63, 3.8) is 0 Å². The fourth-order valence-electron chi connectivity index (χ4n) is 3.69. The summed E-state index contributed by atoms with van der Waals surface area (Å²) in [5, 5.41) is 0. The van der Waals surface area contributed by atoms with Gasteiger partial charge < -0.3 is 14.2 Å².